The van der Waals surface area contributed by atoms with E-state index in [1.54, 1.807) is 12.1 Å². The minimum atomic E-state index is -3.82. The summed E-state index contributed by atoms with van der Waals surface area (Å²) in [5.74, 6) is 0.0248. The van der Waals surface area contributed by atoms with Crippen LogP contribution in [0.5, 0.6) is 0 Å². The third-order valence-electron chi connectivity index (χ3n) is 4.22. The van der Waals surface area contributed by atoms with Crippen molar-refractivity contribution in [3.63, 3.8) is 0 Å². The van der Waals surface area contributed by atoms with E-state index in [0.717, 1.165) is 4.31 Å². The zero-order valence-electron chi connectivity index (χ0n) is 15.8. The second-order valence-corrected chi connectivity index (χ2v) is 9.99. The van der Waals surface area contributed by atoms with Crippen molar-refractivity contribution in [2.75, 3.05) is 12.4 Å². The molecule has 0 saturated carbocycles. The van der Waals surface area contributed by atoms with Gasteiger partial charge < -0.3 is 9.73 Å². The number of primary sulfonamides is 1. The Hall–Kier alpha value is -2.99. The molecule has 2 aromatic carbocycles. The number of nitrogens with one attached hydrogen (secondary N) is 1. The third-order valence-corrected chi connectivity index (χ3v) is 6.97. The molecule has 1 aromatic heterocycles. The second kappa shape index (κ2) is 8.40. The highest BCUT2D eigenvalue weighted by molar-refractivity contribution is 7.89. The number of nitrogens with two attached hydrogens (primary N) is 1. The quantitative estimate of drug-likeness (QED) is 0.565. The average molecular weight is 450 g/mol. The molecule has 0 saturated heterocycles. The highest BCUT2D eigenvalue weighted by atomic mass is 32.2. The fourth-order valence-corrected chi connectivity index (χ4v) is 4.25. The molecule has 11 heteroatoms. The van der Waals surface area contributed by atoms with E-state index in [1.807, 2.05) is 0 Å². The van der Waals surface area contributed by atoms with E-state index < -0.39 is 26.0 Å². The monoisotopic (exact) mass is 449 g/mol. The van der Waals surface area contributed by atoms with Gasteiger partial charge in [-0.1, -0.05) is 0 Å². The maximum atomic E-state index is 12.7. The lowest BCUT2D eigenvalue weighted by atomic mass is 10.2. The number of amides is 1. The number of carbonyl (C=O) groups excluding carboxylic acids is 1. The lowest BCUT2D eigenvalue weighted by Gasteiger charge is -2.16. The van der Waals surface area contributed by atoms with Crippen molar-refractivity contribution >= 4 is 31.6 Å². The molecule has 1 heterocycles. The van der Waals surface area contributed by atoms with Crippen LogP contribution in [0.25, 0.3) is 0 Å². The Bertz CT molecular complexity index is 1230. The van der Waals surface area contributed by atoms with Gasteiger partial charge >= 0.3 is 0 Å². The summed E-state index contributed by atoms with van der Waals surface area (Å²) in [6.07, 6.45) is 1.46. The fourth-order valence-electron chi connectivity index (χ4n) is 2.60. The van der Waals surface area contributed by atoms with E-state index in [1.165, 1.54) is 61.8 Å². The number of furan rings is 1. The van der Waals surface area contributed by atoms with Gasteiger partial charge in [0.25, 0.3) is 5.91 Å². The third kappa shape index (κ3) is 4.94. The van der Waals surface area contributed by atoms with Crippen molar-refractivity contribution in [2.24, 2.45) is 5.14 Å². The van der Waals surface area contributed by atoms with Crippen LogP contribution in [0.1, 0.15) is 16.1 Å². The Morgan fingerprint density at radius 3 is 2.10 bits per heavy atom. The Kier molecular flexibility index (Phi) is 6.08. The van der Waals surface area contributed by atoms with E-state index in [9.17, 15) is 21.6 Å². The van der Waals surface area contributed by atoms with Gasteiger partial charge in [-0.3, -0.25) is 4.79 Å². The number of hydrogen-bond acceptors (Lipinski definition) is 6. The standard InChI is InChI=1S/C19H19N3O6S2/c1-22(13-16-3-2-12-28-16)30(26,27)18-8-4-14(5-9-18)19(23)21-15-6-10-17(11-7-15)29(20,24)25/h2-12H,13H2,1H3,(H,21,23)(H2,20,24,25). The van der Waals surface area contributed by atoms with Crippen LogP contribution in [-0.2, 0) is 26.6 Å². The van der Waals surface area contributed by atoms with Gasteiger partial charge in [0, 0.05) is 18.3 Å². The molecule has 0 radical (unpaired) electrons. The Morgan fingerprint density at radius 1 is 0.967 bits per heavy atom. The lowest BCUT2D eigenvalue weighted by molar-refractivity contribution is 0.102. The molecular weight excluding hydrogens is 430 g/mol. The number of sulfonamides is 2. The van der Waals surface area contributed by atoms with E-state index in [0.29, 0.717) is 11.4 Å². The topological polar surface area (TPSA) is 140 Å². The summed E-state index contributed by atoms with van der Waals surface area (Å²) >= 11 is 0. The first-order valence-corrected chi connectivity index (χ1v) is 11.6. The van der Waals surface area contributed by atoms with Gasteiger partial charge in [0.2, 0.25) is 20.0 Å². The van der Waals surface area contributed by atoms with E-state index in [2.05, 4.69) is 5.32 Å². The molecule has 3 rings (SSSR count). The maximum Gasteiger partial charge on any atom is 0.255 e. The fraction of sp³-hybridized carbons (Fsp3) is 0.105. The lowest BCUT2D eigenvalue weighted by Crippen LogP contribution is -2.26. The van der Waals surface area contributed by atoms with Gasteiger partial charge in [-0.05, 0) is 60.7 Å². The minimum Gasteiger partial charge on any atom is -0.468 e. The zero-order chi connectivity index (χ0) is 21.9. The summed E-state index contributed by atoms with van der Waals surface area (Å²) < 4.78 is 54.2. The predicted molar refractivity (Wildman–Crippen MR) is 110 cm³/mol. The second-order valence-electron chi connectivity index (χ2n) is 6.39. The molecule has 30 heavy (non-hydrogen) atoms. The molecule has 0 bridgehead atoms. The Morgan fingerprint density at radius 2 is 1.57 bits per heavy atom. The van der Waals surface area contributed by atoms with E-state index in [4.69, 9.17) is 9.56 Å². The van der Waals surface area contributed by atoms with E-state index in [-0.39, 0.29) is 21.9 Å². The van der Waals surface area contributed by atoms with Crippen LogP contribution in [-0.4, -0.2) is 34.1 Å². The summed E-state index contributed by atoms with van der Waals surface area (Å²) in [7, 11) is -6.15. The van der Waals surface area contributed by atoms with Crippen LogP contribution < -0.4 is 10.5 Å². The average Bonchev–Trinajstić information content (AvgIpc) is 3.21. The van der Waals surface area contributed by atoms with Crippen molar-refractivity contribution in [1.29, 1.82) is 0 Å². The normalized spacial score (nSPS) is 12.1. The highest BCUT2D eigenvalue weighted by Gasteiger charge is 2.22. The molecule has 0 unspecified atom stereocenters. The van der Waals surface area contributed by atoms with Gasteiger partial charge in [0.15, 0.2) is 0 Å². The summed E-state index contributed by atoms with van der Waals surface area (Å²) in [5, 5.41) is 7.64. The molecule has 158 valence electrons. The minimum absolute atomic E-state index is 0.0330. The molecule has 0 fully saturated rings. The van der Waals surface area contributed by atoms with Gasteiger partial charge in [0.1, 0.15) is 5.76 Å². The van der Waals surface area contributed by atoms with Crippen molar-refractivity contribution in [1.82, 2.24) is 4.31 Å². The SMILES string of the molecule is CN(Cc1ccco1)S(=O)(=O)c1ccc(C(=O)Nc2ccc(S(N)(=O)=O)cc2)cc1. The first-order chi connectivity index (χ1) is 14.1. The van der Waals surface area contributed by atoms with Crippen LogP contribution in [0.3, 0.4) is 0 Å². The van der Waals surface area contributed by atoms with Gasteiger partial charge in [-0.25, -0.2) is 22.0 Å². The summed E-state index contributed by atoms with van der Waals surface area (Å²) in [5.41, 5.74) is 0.598. The molecule has 0 aliphatic rings. The molecule has 0 aliphatic heterocycles. The summed E-state index contributed by atoms with van der Waals surface area (Å²) in [4.78, 5) is 12.3. The Labute approximate surface area is 174 Å². The number of benzene rings is 2. The number of carbonyl (C=O) groups is 1. The van der Waals surface area contributed by atoms with Gasteiger partial charge in [-0.15, -0.1) is 0 Å². The van der Waals surface area contributed by atoms with Crippen LogP contribution >= 0.6 is 0 Å². The van der Waals surface area contributed by atoms with E-state index >= 15 is 0 Å². The first kappa shape index (κ1) is 21.7. The van der Waals surface area contributed by atoms with Crippen LogP contribution in [0.15, 0.2) is 81.1 Å². The molecule has 1 amide bonds. The Balaban J connectivity index is 1.70. The molecule has 0 aliphatic carbocycles. The van der Waals surface area contributed by atoms with Gasteiger partial charge in [-0.2, -0.15) is 4.31 Å². The highest BCUT2D eigenvalue weighted by Crippen LogP contribution is 2.19. The molecule has 0 atom stereocenters. The molecule has 9 nitrogen and oxygen atoms in total. The zero-order valence-corrected chi connectivity index (χ0v) is 17.5. The van der Waals surface area contributed by atoms with Crippen LogP contribution in [0.4, 0.5) is 5.69 Å². The number of hydrogen-bond donors (Lipinski definition) is 2. The van der Waals surface area contributed by atoms with Crippen molar-refractivity contribution in [2.45, 2.75) is 16.3 Å². The van der Waals surface area contributed by atoms with Crippen LogP contribution in [0, 0.1) is 0 Å². The first-order valence-electron chi connectivity index (χ1n) is 8.60. The predicted octanol–water partition coefficient (Wildman–Crippen LogP) is 2.00. The smallest absolute Gasteiger partial charge is 0.255 e. The van der Waals surface area contributed by atoms with Crippen LogP contribution in [0.2, 0.25) is 0 Å². The maximum absolute atomic E-state index is 12.7. The number of nitrogens with zero attached hydrogens (tertiary/aromatic N) is 1. The van der Waals surface area contributed by atoms with Gasteiger partial charge in [0.05, 0.1) is 22.6 Å². The molecule has 0 spiro atoms. The van der Waals surface area contributed by atoms with Crippen molar-refractivity contribution in [3.05, 3.63) is 78.3 Å². The summed E-state index contributed by atoms with van der Waals surface area (Å²) in [6, 6.07) is 14.2. The number of rotatable bonds is 7. The summed E-state index contributed by atoms with van der Waals surface area (Å²) in [6.45, 7) is 0.0755. The molecule has 3 aromatic rings. The molecular formula is C19H19N3O6S2. The number of anilines is 1. The van der Waals surface area contributed by atoms with Crippen molar-refractivity contribution in [3.8, 4) is 0 Å². The van der Waals surface area contributed by atoms with Crippen molar-refractivity contribution < 1.29 is 26.0 Å². The molecule has 3 N–H and O–H groups in total. The largest absolute Gasteiger partial charge is 0.468 e.